The highest BCUT2D eigenvalue weighted by molar-refractivity contribution is 6.05. The van der Waals surface area contributed by atoms with E-state index >= 15 is 0 Å². The first kappa shape index (κ1) is 9.26. The normalized spacial score (nSPS) is 10.1. The number of ketones is 1. The largest absolute Gasteiger partial charge is 0.475 e. The van der Waals surface area contributed by atoms with Gasteiger partial charge >= 0.3 is 5.97 Å². The molecule has 0 fully saturated rings. The molecule has 0 aromatic carbocycles. The van der Waals surface area contributed by atoms with Gasteiger partial charge in [0.15, 0.2) is 11.5 Å². The van der Waals surface area contributed by atoms with Gasteiger partial charge in [-0.05, 0) is 24.3 Å². The van der Waals surface area contributed by atoms with Crippen molar-refractivity contribution in [1.82, 2.24) is 0 Å². The van der Waals surface area contributed by atoms with Crippen LogP contribution in [-0.4, -0.2) is 16.9 Å². The van der Waals surface area contributed by atoms with E-state index in [0.717, 1.165) is 0 Å². The lowest BCUT2D eigenvalue weighted by atomic mass is 10.2. The molecule has 0 saturated heterocycles. The maximum Gasteiger partial charge on any atom is 0.371 e. The molecule has 5 heteroatoms. The number of carbonyl (C=O) groups excluding carboxylic acids is 1. The van der Waals surface area contributed by atoms with E-state index in [1.807, 2.05) is 0 Å². The lowest BCUT2D eigenvalue weighted by molar-refractivity contribution is 0.0660. The summed E-state index contributed by atoms with van der Waals surface area (Å²) in [5.74, 6) is -1.91. The van der Waals surface area contributed by atoms with E-state index in [2.05, 4.69) is 0 Å². The van der Waals surface area contributed by atoms with Gasteiger partial charge in [0.25, 0.3) is 5.78 Å². The molecule has 0 radical (unpaired) electrons. The summed E-state index contributed by atoms with van der Waals surface area (Å²) in [6, 6.07) is 5.56. The lowest BCUT2D eigenvalue weighted by Crippen LogP contribution is -1.98. The van der Waals surface area contributed by atoms with Crippen LogP contribution in [0.5, 0.6) is 0 Å². The quantitative estimate of drug-likeness (QED) is 0.774. The van der Waals surface area contributed by atoms with Crippen molar-refractivity contribution in [2.45, 2.75) is 0 Å². The third-order valence-electron chi connectivity index (χ3n) is 1.79. The average Bonchev–Trinajstić information content (AvgIpc) is 2.88. The molecule has 1 N–H and O–H groups in total. The van der Waals surface area contributed by atoms with Crippen LogP contribution in [0.25, 0.3) is 0 Å². The van der Waals surface area contributed by atoms with Crippen LogP contribution >= 0.6 is 0 Å². The number of carboxylic acids is 1. The third kappa shape index (κ3) is 1.67. The fourth-order valence-corrected chi connectivity index (χ4v) is 1.10. The Balaban J connectivity index is 2.31. The Hall–Kier alpha value is -2.30. The molecule has 5 nitrogen and oxygen atoms in total. The fourth-order valence-electron chi connectivity index (χ4n) is 1.10. The molecule has 0 aliphatic carbocycles. The van der Waals surface area contributed by atoms with E-state index < -0.39 is 11.8 Å². The molecule has 0 atom stereocenters. The van der Waals surface area contributed by atoms with E-state index in [9.17, 15) is 9.59 Å². The first-order valence-corrected chi connectivity index (χ1v) is 4.10. The minimum Gasteiger partial charge on any atom is -0.475 e. The van der Waals surface area contributed by atoms with E-state index in [4.69, 9.17) is 13.9 Å². The molecule has 0 bridgehead atoms. The van der Waals surface area contributed by atoms with Crippen molar-refractivity contribution in [2.24, 2.45) is 0 Å². The Labute approximate surface area is 83.9 Å². The van der Waals surface area contributed by atoms with Gasteiger partial charge in [-0.25, -0.2) is 4.79 Å². The molecular weight excluding hydrogens is 200 g/mol. The zero-order chi connectivity index (χ0) is 10.8. The van der Waals surface area contributed by atoms with Gasteiger partial charge in [0.2, 0.25) is 5.76 Å². The van der Waals surface area contributed by atoms with Crippen LogP contribution in [0, 0.1) is 0 Å². The van der Waals surface area contributed by atoms with Crippen LogP contribution in [0.4, 0.5) is 0 Å². The van der Waals surface area contributed by atoms with Crippen molar-refractivity contribution in [2.75, 3.05) is 0 Å². The molecule has 15 heavy (non-hydrogen) atoms. The summed E-state index contributed by atoms with van der Waals surface area (Å²) in [5.41, 5.74) is 0. The van der Waals surface area contributed by atoms with E-state index in [0.29, 0.717) is 0 Å². The van der Waals surface area contributed by atoms with E-state index in [1.54, 1.807) is 6.07 Å². The van der Waals surface area contributed by atoms with Crippen molar-refractivity contribution < 1.29 is 23.5 Å². The molecule has 2 rings (SSSR count). The fraction of sp³-hybridized carbons (Fsp3) is 0. The number of rotatable bonds is 3. The van der Waals surface area contributed by atoms with Crippen molar-refractivity contribution in [3.8, 4) is 0 Å². The summed E-state index contributed by atoms with van der Waals surface area (Å²) in [6.07, 6.45) is 1.36. The van der Waals surface area contributed by atoms with Crippen LogP contribution in [0.3, 0.4) is 0 Å². The minimum absolute atomic E-state index is 0.0534. The minimum atomic E-state index is -1.21. The second-order valence-corrected chi connectivity index (χ2v) is 2.78. The van der Waals surface area contributed by atoms with Crippen LogP contribution in [-0.2, 0) is 0 Å². The van der Waals surface area contributed by atoms with Gasteiger partial charge in [0.1, 0.15) is 0 Å². The Morgan fingerprint density at radius 3 is 2.33 bits per heavy atom. The monoisotopic (exact) mass is 206 g/mol. The molecule has 0 amide bonds. The number of aromatic carboxylic acids is 1. The van der Waals surface area contributed by atoms with Gasteiger partial charge in [-0.15, -0.1) is 0 Å². The molecule has 2 aromatic heterocycles. The maximum atomic E-state index is 11.6. The molecule has 0 saturated carbocycles. The van der Waals surface area contributed by atoms with Crippen LogP contribution in [0.15, 0.2) is 39.4 Å². The SMILES string of the molecule is O=C(O)c1ccc(C(=O)c2ccco2)o1. The molecule has 2 heterocycles. The highest BCUT2D eigenvalue weighted by Gasteiger charge is 2.18. The Bertz CT molecular complexity index is 492. The topological polar surface area (TPSA) is 80.6 Å². The zero-order valence-corrected chi connectivity index (χ0v) is 7.47. The predicted octanol–water partition coefficient (Wildman–Crippen LogP) is 1.80. The highest BCUT2D eigenvalue weighted by atomic mass is 16.4. The summed E-state index contributed by atoms with van der Waals surface area (Å²) >= 11 is 0. The second kappa shape index (κ2) is 3.45. The van der Waals surface area contributed by atoms with Gasteiger partial charge in [-0.2, -0.15) is 0 Å². The molecule has 0 aliphatic heterocycles. The van der Waals surface area contributed by atoms with Crippen molar-refractivity contribution in [1.29, 1.82) is 0 Å². The summed E-state index contributed by atoms with van der Waals surface area (Å²) in [4.78, 5) is 22.1. The van der Waals surface area contributed by atoms with E-state index in [-0.39, 0.29) is 17.3 Å². The van der Waals surface area contributed by atoms with Gasteiger partial charge in [0, 0.05) is 0 Å². The molecule has 0 aliphatic rings. The summed E-state index contributed by atoms with van der Waals surface area (Å²) in [7, 11) is 0. The number of hydrogen-bond donors (Lipinski definition) is 1. The molecule has 2 aromatic rings. The van der Waals surface area contributed by atoms with Gasteiger partial charge in [-0.3, -0.25) is 4.79 Å². The lowest BCUT2D eigenvalue weighted by Gasteiger charge is -1.90. The first-order chi connectivity index (χ1) is 7.18. The predicted molar refractivity (Wildman–Crippen MR) is 47.8 cm³/mol. The molecule has 0 unspecified atom stereocenters. The first-order valence-electron chi connectivity index (χ1n) is 4.10. The van der Waals surface area contributed by atoms with Crippen molar-refractivity contribution in [3.63, 3.8) is 0 Å². The summed E-state index contributed by atoms with van der Waals surface area (Å²) in [5, 5.41) is 8.58. The number of carboxylic acid groups (broad SMARTS) is 1. The Kier molecular flexibility index (Phi) is 2.13. The number of furan rings is 2. The second-order valence-electron chi connectivity index (χ2n) is 2.78. The van der Waals surface area contributed by atoms with Crippen LogP contribution < -0.4 is 0 Å². The smallest absolute Gasteiger partial charge is 0.371 e. The Morgan fingerprint density at radius 2 is 1.80 bits per heavy atom. The molecule has 0 spiro atoms. The van der Waals surface area contributed by atoms with Crippen LogP contribution in [0.1, 0.15) is 26.9 Å². The van der Waals surface area contributed by atoms with Crippen LogP contribution in [0.2, 0.25) is 0 Å². The van der Waals surface area contributed by atoms with Crippen molar-refractivity contribution >= 4 is 11.8 Å². The number of carbonyl (C=O) groups is 2. The zero-order valence-electron chi connectivity index (χ0n) is 7.47. The van der Waals surface area contributed by atoms with Gasteiger partial charge < -0.3 is 13.9 Å². The van der Waals surface area contributed by atoms with Gasteiger partial charge in [-0.1, -0.05) is 0 Å². The Morgan fingerprint density at radius 1 is 1.07 bits per heavy atom. The van der Waals surface area contributed by atoms with Gasteiger partial charge in [0.05, 0.1) is 6.26 Å². The van der Waals surface area contributed by atoms with Crippen molar-refractivity contribution in [3.05, 3.63) is 47.8 Å². The third-order valence-corrected chi connectivity index (χ3v) is 1.79. The van der Waals surface area contributed by atoms with E-state index in [1.165, 1.54) is 24.5 Å². The molecule has 76 valence electrons. The average molecular weight is 206 g/mol. The summed E-state index contributed by atoms with van der Waals surface area (Å²) < 4.78 is 9.68. The summed E-state index contributed by atoms with van der Waals surface area (Å²) in [6.45, 7) is 0. The number of hydrogen-bond acceptors (Lipinski definition) is 4. The molecular formula is C10H6O5. The maximum absolute atomic E-state index is 11.6. The standard InChI is InChI=1S/C10H6O5/c11-9(6-2-1-5-14-6)7-3-4-8(15-7)10(12)13/h1-5H,(H,12,13). The highest BCUT2D eigenvalue weighted by Crippen LogP contribution is 2.13.